The van der Waals surface area contributed by atoms with E-state index in [2.05, 4.69) is 20.3 Å². The zero-order valence-electron chi connectivity index (χ0n) is 11.5. The summed E-state index contributed by atoms with van der Waals surface area (Å²) in [6.45, 7) is 2.16. The highest BCUT2D eigenvalue weighted by Gasteiger charge is 2.06. The Balaban J connectivity index is 2.28. The number of methoxy groups -OCH3 is 2. The first-order valence-electron chi connectivity index (χ1n) is 5.97. The van der Waals surface area contributed by atoms with E-state index >= 15 is 0 Å². The lowest BCUT2D eigenvalue weighted by atomic mass is 10.5. The van der Waals surface area contributed by atoms with Gasteiger partial charge in [-0.1, -0.05) is 0 Å². The molecule has 1 rings (SSSR count). The van der Waals surface area contributed by atoms with Crippen LogP contribution in [0.5, 0.6) is 12.0 Å². The quantitative estimate of drug-likeness (QED) is 0.611. The molecule has 108 valence electrons. The van der Waals surface area contributed by atoms with E-state index < -0.39 is 0 Å². The van der Waals surface area contributed by atoms with Crippen LogP contribution in [0.2, 0.25) is 0 Å². The maximum atomic E-state index is 5.36. The first-order chi connectivity index (χ1) is 9.30. The molecule has 0 radical (unpaired) electrons. The van der Waals surface area contributed by atoms with Crippen LogP contribution in [0.15, 0.2) is 0 Å². The van der Waals surface area contributed by atoms with Gasteiger partial charge in [0.2, 0.25) is 5.95 Å². The third-order valence-corrected chi connectivity index (χ3v) is 2.10. The number of nitrogens with zero attached hydrogens (tertiary/aromatic N) is 3. The summed E-state index contributed by atoms with van der Waals surface area (Å²) in [7, 11) is 4.85. The van der Waals surface area contributed by atoms with Gasteiger partial charge >= 0.3 is 12.0 Å². The summed E-state index contributed by atoms with van der Waals surface area (Å²) in [4.78, 5) is 12.0. The van der Waals surface area contributed by atoms with Crippen LogP contribution in [-0.2, 0) is 9.47 Å². The maximum Gasteiger partial charge on any atom is 0.324 e. The van der Waals surface area contributed by atoms with Crippen molar-refractivity contribution >= 4 is 5.95 Å². The second kappa shape index (κ2) is 9.29. The average molecular weight is 272 g/mol. The molecule has 0 saturated carbocycles. The lowest BCUT2D eigenvalue weighted by molar-refractivity contribution is 0.0780. The summed E-state index contributed by atoms with van der Waals surface area (Å²) in [5, 5.41) is 2.80. The number of aromatic nitrogens is 3. The van der Waals surface area contributed by atoms with E-state index in [0.717, 1.165) is 6.42 Å². The Hall–Kier alpha value is -1.67. The molecular formula is C11H20N4O4. The SMILES string of the molecule is CNc1nc(OC)nc(OCCOCCCOC)n1. The van der Waals surface area contributed by atoms with E-state index in [1.54, 1.807) is 14.2 Å². The average Bonchev–Trinajstić information content (AvgIpc) is 2.45. The topological polar surface area (TPSA) is 87.6 Å². The summed E-state index contributed by atoms with van der Waals surface area (Å²) in [6, 6.07) is 0.409. The fourth-order valence-electron chi connectivity index (χ4n) is 1.20. The first-order valence-corrected chi connectivity index (χ1v) is 5.97. The third kappa shape index (κ3) is 6.16. The van der Waals surface area contributed by atoms with Crippen molar-refractivity contribution in [2.75, 3.05) is 53.0 Å². The lowest BCUT2D eigenvalue weighted by Crippen LogP contribution is -2.11. The molecule has 0 aromatic carbocycles. The second-order valence-corrected chi connectivity index (χ2v) is 3.49. The van der Waals surface area contributed by atoms with Crippen molar-refractivity contribution in [1.29, 1.82) is 0 Å². The molecule has 0 aliphatic heterocycles. The molecule has 1 N–H and O–H groups in total. The lowest BCUT2D eigenvalue weighted by Gasteiger charge is -2.07. The van der Waals surface area contributed by atoms with E-state index in [9.17, 15) is 0 Å². The van der Waals surface area contributed by atoms with Gasteiger partial charge in [-0.05, 0) is 6.42 Å². The number of hydrogen-bond acceptors (Lipinski definition) is 8. The zero-order chi connectivity index (χ0) is 13.9. The molecule has 0 bridgehead atoms. The summed E-state index contributed by atoms with van der Waals surface area (Å²) in [5.74, 6) is 0.392. The summed E-state index contributed by atoms with van der Waals surface area (Å²) < 4.78 is 20.6. The summed E-state index contributed by atoms with van der Waals surface area (Å²) in [5.41, 5.74) is 0. The number of ether oxygens (including phenoxy) is 4. The van der Waals surface area contributed by atoms with Crippen molar-refractivity contribution in [3.63, 3.8) is 0 Å². The van der Waals surface area contributed by atoms with Gasteiger partial charge in [0.1, 0.15) is 6.61 Å². The number of hydrogen-bond donors (Lipinski definition) is 1. The molecule has 8 heteroatoms. The predicted molar refractivity (Wildman–Crippen MR) is 68.7 cm³/mol. The van der Waals surface area contributed by atoms with Gasteiger partial charge in [0.15, 0.2) is 0 Å². The summed E-state index contributed by atoms with van der Waals surface area (Å²) >= 11 is 0. The van der Waals surface area contributed by atoms with E-state index in [-0.39, 0.29) is 12.0 Å². The Kier molecular flexibility index (Phi) is 7.52. The fraction of sp³-hybridized carbons (Fsp3) is 0.727. The molecule has 19 heavy (non-hydrogen) atoms. The van der Waals surface area contributed by atoms with Crippen molar-refractivity contribution < 1.29 is 18.9 Å². The summed E-state index contributed by atoms with van der Waals surface area (Å²) in [6.07, 6.45) is 0.861. The monoisotopic (exact) mass is 272 g/mol. The minimum absolute atomic E-state index is 0.204. The van der Waals surface area contributed by atoms with Crippen LogP contribution in [0.4, 0.5) is 5.95 Å². The van der Waals surface area contributed by atoms with E-state index in [0.29, 0.717) is 32.4 Å². The molecule has 0 aliphatic carbocycles. The highest BCUT2D eigenvalue weighted by Crippen LogP contribution is 2.11. The van der Waals surface area contributed by atoms with Crippen LogP contribution in [-0.4, -0.2) is 62.6 Å². The molecular weight excluding hydrogens is 252 g/mol. The Morgan fingerprint density at radius 1 is 0.947 bits per heavy atom. The van der Waals surface area contributed by atoms with Gasteiger partial charge in [0.25, 0.3) is 0 Å². The van der Waals surface area contributed by atoms with Gasteiger partial charge in [0.05, 0.1) is 13.7 Å². The minimum Gasteiger partial charge on any atom is -0.467 e. The standard InChI is InChI=1S/C11H20N4O4/c1-12-9-13-10(17-3)15-11(14-9)19-8-7-18-6-4-5-16-2/h4-8H2,1-3H3,(H,12,13,14,15). The van der Waals surface area contributed by atoms with E-state index in [4.69, 9.17) is 18.9 Å². The molecule has 0 aliphatic rings. The van der Waals surface area contributed by atoms with Crippen molar-refractivity contribution in [2.45, 2.75) is 6.42 Å². The Labute approximate surface area is 112 Å². The largest absolute Gasteiger partial charge is 0.467 e. The molecule has 8 nitrogen and oxygen atoms in total. The Bertz CT molecular complexity index is 342. The van der Waals surface area contributed by atoms with Crippen LogP contribution in [0.25, 0.3) is 0 Å². The molecule has 1 heterocycles. The van der Waals surface area contributed by atoms with Crippen molar-refractivity contribution in [3.8, 4) is 12.0 Å². The van der Waals surface area contributed by atoms with Gasteiger partial charge in [-0.3, -0.25) is 0 Å². The zero-order valence-corrected chi connectivity index (χ0v) is 11.5. The van der Waals surface area contributed by atoms with Crippen molar-refractivity contribution in [3.05, 3.63) is 0 Å². The van der Waals surface area contributed by atoms with E-state index in [1.165, 1.54) is 7.11 Å². The van der Waals surface area contributed by atoms with Gasteiger partial charge in [-0.2, -0.15) is 9.97 Å². The predicted octanol–water partition coefficient (Wildman–Crippen LogP) is 0.354. The fourth-order valence-corrected chi connectivity index (χ4v) is 1.20. The molecule has 0 saturated heterocycles. The van der Waals surface area contributed by atoms with Crippen LogP contribution >= 0.6 is 0 Å². The van der Waals surface area contributed by atoms with Crippen LogP contribution < -0.4 is 14.8 Å². The van der Waals surface area contributed by atoms with E-state index in [1.807, 2.05) is 0 Å². The molecule has 0 atom stereocenters. The van der Waals surface area contributed by atoms with Crippen LogP contribution in [0.3, 0.4) is 0 Å². The van der Waals surface area contributed by atoms with Crippen LogP contribution in [0.1, 0.15) is 6.42 Å². The molecule has 0 amide bonds. The smallest absolute Gasteiger partial charge is 0.324 e. The molecule has 0 fully saturated rings. The van der Waals surface area contributed by atoms with Gasteiger partial charge in [-0.15, -0.1) is 4.98 Å². The Morgan fingerprint density at radius 2 is 1.74 bits per heavy atom. The molecule has 1 aromatic rings. The van der Waals surface area contributed by atoms with Gasteiger partial charge in [-0.25, -0.2) is 0 Å². The van der Waals surface area contributed by atoms with Crippen LogP contribution in [0, 0.1) is 0 Å². The highest BCUT2D eigenvalue weighted by atomic mass is 16.5. The number of rotatable bonds is 10. The minimum atomic E-state index is 0.204. The van der Waals surface area contributed by atoms with Crippen molar-refractivity contribution in [2.24, 2.45) is 0 Å². The van der Waals surface area contributed by atoms with Gasteiger partial charge in [0, 0.05) is 27.4 Å². The highest BCUT2D eigenvalue weighted by molar-refractivity contribution is 5.26. The third-order valence-electron chi connectivity index (χ3n) is 2.10. The molecule has 0 spiro atoms. The van der Waals surface area contributed by atoms with Gasteiger partial charge < -0.3 is 24.3 Å². The molecule has 1 aromatic heterocycles. The normalized spacial score (nSPS) is 10.3. The number of nitrogens with one attached hydrogen (secondary N) is 1. The first kappa shape index (κ1) is 15.4. The van der Waals surface area contributed by atoms with Crippen molar-refractivity contribution in [1.82, 2.24) is 15.0 Å². The Morgan fingerprint density at radius 3 is 2.42 bits per heavy atom. The second-order valence-electron chi connectivity index (χ2n) is 3.49. The maximum absolute atomic E-state index is 5.36. The molecule has 0 unspecified atom stereocenters. The number of anilines is 1.